The molecule has 1 heterocycles. The van der Waals surface area contributed by atoms with E-state index in [4.69, 9.17) is 40.1 Å². The molecular formula is C47H77F3N16O11. The molecule has 23 N–H and O–H groups in total. The Bertz CT molecular complexity index is 2200. The van der Waals surface area contributed by atoms with E-state index in [-0.39, 0.29) is 89.1 Å². The van der Waals surface area contributed by atoms with E-state index in [2.05, 4.69) is 42.2 Å². The van der Waals surface area contributed by atoms with E-state index in [9.17, 15) is 66.5 Å². The number of amides is 8. The number of rotatable bonds is 34. The first-order valence-corrected chi connectivity index (χ1v) is 25.2. The van der Waals surface area contributed by atoms with Crippen LogP contribution in [0.3, 0.4) is 0 Å². The molecule has 0 spiro atoms. The summed E-state index contributed by atoms with van der Waals surface area (Å²) in [7, 11) is 0. The molecule has 432 valence electrons. The average molecular weight is 1100 g/mol. The minimum Gasteiger partial charge on any atom is -0.477 e. The third-order valence-electron chi connectivity index (χ3n) is 12.1. The highest BCUT2D eigenvalue weighted by Crippen LogP contribution is 2.29. The van der Waals surface area contributed by atoms with Gasteiger partial charge in [-0.3, -0.25) is 43.3 Å². The lowest BCUT2D eigenvalue weighted by Crippen LogP contribution is -2.60. The standard InChI is InChI=1S/C47H77F3N16O11/c1-26(60-43(74)37(35(67)24-54)65-39(70)29(55)9-2-4-18-51)38(69)59-25-36(68)61-31(11-6-20-53)44(75)66-22-8-13-34(66)42(73)64-33(23-27-14-16-28(17-15-27)47(48,49)50)41(72)62-30(10-3-5-19-52)40(71)63-32(45(76)77)12-7-21-58-46(56)57/h12,14-17,26,29-31,33-35,37,67H,2-11,13,18-25,51-55H2,1H3,(H,59,69)(H,60,74)(H,61,68)(H,62,72)(H,63,71)(H,64,73)(H,65,70)(H,76,77)(H4,56,57,58)/b32-12-/t26-,29-,30-,31+,33-,34-,35-,37-/m0/s1. The molecule has 0 aliphatic carbocycles. The summed E-state index contributed by atoms with van der Waals surface area (Å²) in [5, 5.41) is 37.1. The van der Waals surface area contributed by atoms with Gasteiger partial charge >= 0.3 is 12.1 Å². The largest absolute Gasteiger partial charge is 0.477 e. The van der Waals surface area contributed by atoms with Crippen LogP contribution in [0.4, 0.5) is 13.2 Å². The minimum absolute atomic E-state index is 0.00488. The predicted octanol–water partition coefficient (Wildman–Crippen LogP) is -4.81. The molecule has 8 amide bonds. The van der Waals surface area contributed by atoms with Crippen LogP contribution in [0.25, 0.3) is 0 Å². The number of nitrogens with one attached hydrogen (secondary N) is 7. The summed E-state index contributed by atoms with van der Waals surface area (Å²) in [4.78, 5) is 125. The van der Waals surface area contributed by atoms with Crippen molar-refractivity contribution >= 4 is 59.2 Å². The first-order valence-electron chi connectivity index (χ1n) is 25.2. The van der Waals surface area contributed by atoms with E-state index in [0.717, 1.165) is 30.3 Å². The van der Waals surface area contributed by atoms with Crippen molar-refractivity contribution in [1.29, 1.82) is 0 Å². The first-order chi connectivity index (χ1) is 36.4. The maximum Gasteiger partial charge on any atom is 0.416 e. The van der Waals surface area contributed by atoms with Crippen LogP contribution in [0.5, 0.6) is 0 Å². The van der Waals surface area contributed by atoms with E-state index in [0.29, 0.717) is 25.8 Å². The van der Waals surface area contributed by atoms with Crippen LogP contribution in [-0.2, 0) is 55.7 Å². The number of carboxylic acids is 1. The number of benzene rings is 1. The van der Waals surface area contributed by atoms with Gasteiger partial charge in [0.15, 0.2) is 5.96 Å². The van der Waals surface area contributed by atoms with Gasteiger partial charge in [-0.2, -0.15) is 13.2 Å². The van der Waals surface area contributed by atoms with Gasteiger partial charge in [0.05, 0.1) is 24.3 Å². The van der Waals surface area contributed by atoms with Crippen LogP contribution in [0, 0.1) is 0 Å². The summed E-state index contributed by atoms with van der Waals surface area (Å²) in [5.74, 6) is -8.82. The monoisotopic (exact) mass is 1100 g/mol. The second kappa shape index (κ2) is 33.9. The van der Waals surface area contributed by atoms with Crippen molar-refractivity contribution in [3.8, 4) is 0 Å². The summed E-state index contributed by atoms with van der Waals surface area (Å²) in [6.45, 7) is 0.755. The number of nitrogens with two attached hydrogens (primary N) is 7. The third kappa shape index (κ3) is 23.4. The van der Waals surface area contributed by atoms with Gasteiger partial charge in [-0.25, -0.2) is 4.79 Å². The van der Waals surface area contributed by atoms with Crippen molar-refractivity contribution in [1.82, 2.24) is 42.1 Å². The number of nitrogens with zero attached hydrogens (tertiary/aromatic N) is 2. The number of halogens is 3. The second-order valence-electron chi connectivity index (χ2n) is 18.2. The number of aliphatic carboxylic acids is 1. The fourth-order valence-electron chi connectivity index (χ4n) is 7.78. The Labute approximate surface area is 443 Å². The highest BCUT2D eigenvalue weighted by molar-refractivity contribution is 5.99. The maximum atomic E-state index is 14.2. The number of alkyl halides is 3. The lowest BCUT2D eigenvalue weighted by molar-refractivity contribution is -0.142. The number of hydrogen-bond acceptors (Lipinski definition) is 16. The maximum absolute atomic E-state index is 14.2. The number of unbranched alkanes of at least 4 members (excludes halogenated alkanes) is 2. The van der Waals surface area contributed by atoms with Gasteiger partial charge in [-0.15, -0.1) is 0 Å². The number of guanidine groups is 1. The summed E-state index contributed by atoms with van der Waals surface area (Å²) < 4.78 is 40.5. The number of aliphatic hydroxyl groups excluding tert-OH is 1. The van der Waals surface area contributed by atoms with Crippen LogP contribution >= 0.6 is 0 Å². The molecule has 0 saturated carbocycles. The van der Waals surface area contributed by atoms with E-state index in [1.165, 1.54) is 11.8 Å². The van der Waals surface area contributed by atoms with Crippen LogP contribution in [0.1, 0.15) is 88.7 Å². The fraction of sp³-hybridized carbons (Fsp3) is 0.617. The van der Waals surface area contributed by atoms with Gasteiger partial charge in [0.25, 0.3) is 0 Å². The Morgan fingerprint density at radius 3 is 1.97 bits per heavy atom. The van der Waals surface area contributed by atoms with Crippen molar-refractivity contribution in [2.45, 2.75) is 139 Å². The molecule has 1 aliphatic rings. The van der Waals surface area contributed by atoms with E-state index < -0.39 is 139 Å². The number of likely N-dealkylation sites (tertiary alicyclic amines) is 1. The molecule has 0 unspecified atom stereocenters. The van der Waals surface area contributed by atoms with Gasteiger partial charge in [0.1, 0.15) is 41.9 Å². The zero-order valence-corrected chi connectivity index (χ0v) is 43.1. The smallest absolute Gasteiger partial charge is 0.416 e. The fourth-order valence-corrected chi connectivity index (χ4v) is 7.78. The van der Waals surface area contributed by atoms with Crippen LogP contribution < -0.4 is 77.4 Å². The van der Waals surface area contributed by atoms with Crippen molar-refractivity contribution in [3.05, 3.63) is 47.2 Å². The van der Waals surface area contributed by atoms with Crippen LogP contribution in [-0.4, -0.2) is 169 Å². The molecule has 1 saturated heterocycles. The van der Waals surface area contributed by atoms with E-state index in [1.807, 2.05) is 0 Å². The molecule has 77 heavy (non-hydrogen) atoms. The molecule has 1 fully saturated rings. The molecule has 2 rings (SSSR count). The molecule has 0 aromatic heterocycles. The van der Waals surface area contributed by atoms with Crippen molar-refractivity contribution < 1.29 is 66.5 Å². The summed E-state index contributed by atoms with van der Waals surface area (Å²) in [6, 6.07) is -5.78. The Morgan fingerprint density at radius 1 is 0.766 bits per heavy atom. The molecule has 30 heteroatoms. The van der Waals surface area contributed by atoms with Crippen LogP contribution in [0.15, 0.2) is 41.0 Å². The number of carbonyl (C=O) groups excluding carboxylic acids is 8. The summed E-state index contributed by atoms with van der Waals surface area (Å²) in [5.41, 5.74) is 37.6. The molecule has 1 aromatic rings. The van der Waals surface area contributed by atoms with Gasteiger partial charge in [-0.1, -0.05) is 24.6 Å². The molecule has 8 atom stereocenters. The SMILES string of the molecule is C[C@H](NC(=O)[C@@H](NC(=O)[C@@H](N)CCCCN)[C@@H](O)CN)C(=O)NCC(=O)N[C@H](CCCN)C(=O)N1CCC[C@H]1C(=O)N[C@@H](Cc1ccc(C(F)(F)F)cc1)C(=O)N[C@@H](CCCCN)C(=O)N/C(=C\CCN=C(N)N)C(=O)O. The molecule has 1 aliphatic heterocycles. The Balaban J connectivity index is 2.32. The minimum atomic E-state index is -4.70. The lowest BCUT2D eigenvalue weighted by atomic mass is 10.0. The average Bonchev–Trinajstić information content (AvgIpc) is 3.88. The number of carbonyl (C=O) groups is 9. The Morgan fingerprint density at radius 2 is 1.39 bits per heavy atom. The molecular weight excluding hydrogens is 1020 g/mol. The van der Waals surface area contributed by atoms with Gasteiger partial charge < -0.3 is 92.5 Å². The second-order valence-corrected chi connectivity index (χ2v) is 18.2. The number of hydrogen-bond donors (Lipinski definition) is 16. The number of aliphatic imine (C=N–C) groups is 1. The third-order valence-corrected chi connectivity index (χ3v) is 12.1. The van der Waals surface area contributed by atoms with Gasteiger partial charge in [0, 0.05) is 26.1 Å². The Kier molecular flexibility index (Phi) is 29.1. The molecule has 1 aromatic carbocycles. The van der Waals surface area contributed by atoms with Crippen molar-refractivity contribution in [3.63, 3.8) is 0 Å². The molecule has 27 nitrogen and oxygen atoms in total. The normalized spacial score (nSPS) is 16.3. The summed E-state index contributed by atoms with van der Waals surface area (Å²) in [6.07, 6.45) is -3.05. The quantitative estimate of drug-likeness (QED) is 0.0133. The summed E-state index contributed by atoms with van der Waals surface area (Å²) >= 11 is 0. The number of aliphatic hydroxyl groups is 1. The number of carboxylic acid groups (broad SMARTS) is 1. The molecule has 0 radical (unpaired) electrons. The highest BCUT2D eigenvalue weighted by atomic mass is 19.4. The lowest BCUT2D eigenvalue weighted by Gasteiger charge is -2.30. The van der Waals surface area contributed by atoms with Crippen LogP contribution in [0.2, 0.25) is 0 Å². The Hall–Kier alpha value is -6.99. The molecule has 0 bridgehead atoms. The van der Waals surface area contributed by atoms with Gasteiger partial charge in [-0.05, 0) is 108 Å². The topological polar surface area (TPSA) is 476 Å². The highest BCUT2D eigenvalue weighted by Gasteiger charge is 2.40. The van der Waals surface area contributed by atoms with Crippen molar-refractivity contribution in [2.75, 3.05) is 45.8 Å². The zero-order valence-electron chi connectivity index (χ0n) is 43.1. The van der Waals surface area contributed by atoms with Gasteiger partial charge in [0.2, 0.25) is 47.3 Å². The van der Waals surface area contributed by atoms with E-state index in [1.54, 1.807) is 0 Å². The zero-order chi connectivity index (χ0) is 57.8. The first kappa shape index (κ1) is 66.1. The van der Waals surface area contributed by atoms with Crippen molar-refractivity contribution in [2.24, 2.45) is 45.1 Å². The predicted molar refractivity (Wildman–Crippen MR) is 275 cm³/mol. The van der Waals surface area contributed by atoms with E-state index >= 15 is 0 Å².